The molecule has 0 unspecified atom stereocenters. The molecule has 0 bridgehead atoms. The maximum atomic E-state index is 12.7. The summed E-state index contributed by atoms with van der Waals surface area (Å²) in [4.78, 5) is 14.4. The van der Waals surface area contributed by atoms with Gasteiger partial charge in [0.15, 0.2) is 5.60 Å². The Morgan fingerprint density at radius 1 is 1.10 bits per heavy atom. The smallest absolute Gasteiger partial charge is 0.271 e. The van der Waals surface area contributed by atoms with Crippen LogP contribution in [0.3, 0.4) is 0 Å². The molecule has 0 saturated heterocycles. The number of halogens is 1. The molecule has 0 aliphatic carbocycles. The molecule has 0 fully saturated rings. The lowest BCUT2D eigenvalue weighted by Crippen LogP contribution is -2.52. The third-order valence-electron chi connectivity index (χ3n) is 3.54. The minimum atomic E-state index is -0.860. The Balaban J connectivity index is 1.99. The van der Waals surface area contributed by atoms with Crippen LogP contribution < -0.4 is 9.64 Å². The summed E-state index contributed by atoms with van der Waals surface area (Å²) in [6.45, 7) is 4.08. The summed E-state index contributed by atoms with van der Waals surface area (Å²) in [6, 6.07) is 15.1. The van der Waals surface area contributed by atoms with Crippen LogP contribution in [-0.4, -0.2) is 11.5 Å². The lowest BCUT2D eigenvalue weighted by molar-refractivity contribution is -0.132. The van der Waals surface area contributed by atoms with E-state index in [0.717, 1.165) is 17.0 Å². The third-order valence-corrected chi connectivity index (χ3v) is 3.79. The number of carbonyl (C=O) groups is 1. The first-order valence-corrected chi connectivity index (χ1v) is 7.20. The second-order valence-electron chi connectivity index (χ2n) is 5.60. The van der Waals surface area contributed by atoms with Crippen LogP contribution >= 0.6 is 11.6 Å². The number of fused-ring (bicyclic) bond motifs is 1. The zero-order valence-corrected chi connectivity index (χ0v) is 12.7. The standard InChI is InChI=1S/C17H16ClNO2/c1-17(2)16(20)19(11-12-7-9-13(18)10-8-12)14-5-3-4-6-15(14)21-17/h3-10H,11H2,1-2H3. The lowest BCUT2D eigenvalue weighted by atomic mass is 10.0. The molecule has 0 atom stereocenters. The first-order valence-electron chi connectivity index (χ1n) is 6.82. The van der Waals surface area contributed by atoms with E-state index in [0.29, 0.717) is 11.6 Å². The summed E-state index contributed by atoms with van der Waals surface area (Å²) in [5.74, 6) is 0.687. The van der Waals surface area contributed by atoms with Crippen molar-refractivity contribution in [3.05, 3.63) is 59.1 Å². The molecular weight excluding hydrogens is 286 g/mol. The van der Waals surface area contributed by atoms with Gasteiger partial charge in [-0.1, -0.05) is 35.9 Å². The van der Waals surface area contributed by atoms with Crippen LogP contribution in [0.15, 0.2) is 48.5 Å². The Kier molecular flexibility index (Phi) is 3.38. The molecule has 0 saturated carbocycles. The molecule has 2 aromatic carbocycles. The molecule has 21 heavy (non-hydrogen) atoms. The Bertz CT molecular complexity index is 679. The van der Waals surface area contributed by atoms with E-state index in [1.54, 1.807) is 18.7 Å². The fraction of sp³-hybridized carbons (Fsp3) is 0.235. The highest BCUT2D eigenvalue weighted by atomic mass is 35.5. The molecule has 2 aromatic rings. The molecule has 3 nitrogen and oxygen atoms in total. The van der Waals surface area contributed by atoms with Crippen molar-refractivity contribution in [3.63, 3.8) is 0 Å². The highest BCUT2D eigenvalue weighted by Crippen LogP contribution is 2.38. The topological polar surface area (TPSA) is 29.5 Å². The number of hydrogen-bond acceptors (Lipinski definition) is 2. The van der Waals surface area contributed by atoms with Crippen LogP contribution in [0.2, 0.25) is 5.02 Å². The van der Waals surface area contributed by atoms with Crippen molar-refractivity contribution in [2.24, 2.45) is 0 Å². The van der Waals surface area contributed by atoms with Crippen LogP contribution in [0.5, 0.6) is 5.75 Å². The van der Waals surface area contributed by atoms with E-state index >= 15 is 0 Å². The van der Waals surface area contributed by atoms with Gasteiger partial charge in [-0.25, -0.2) is 0 Å². The van der Waals surface area contributed by atoms with Gasteiger partial charge in [0.1, 0.15) is 5.75 Å². The van der Waals surface area contributed by atoms with E-state index in [2.05, 4.69) is 0 Å². The van der Waals surface area contributed by atoms with Gasteiger partial charge in [-0.3, -0.25) is 4.79 Å². The lowest BCUT2D eigenvalue weighted by Gasteiger charge is -2.38. The average molecular weight is 302 g/mol. The number of carbonyl (C=O) groups excluding carboxylic acids is 1. The van der Waals surface area contributed by atoms with Gasteiger partial charge in [0.2, 0.25) is 0 Å². The second kappa shape index (κ2) is 5.08. The van der Waals surface area contributed by atoms with Crippen LogP contribution in [0.4, 0.5) is 5.69 Å². The van der Waals surface area contributed by atoms with Gasteiger partial charge < -0.3 is 9.64 Å². The summed E-state index contributed by atoms with van der Waals surface area (Å²) in [5.41, 5.74) is 0.970. The highest BCUT2D eigenvalue weighted by Gasteiger charge is 2.40. The molecule has 4 heteroatoms. The van der Waals surface area contributed by atoms with E-state index in [-0.39, 0.29) is 5.91 Å². The molecule has 0 spiro atoms. The molecule has 3 rings (SSSR count). The van der Waals surface area contributed by atoms with Crippen molar-refractivity contribution < 1.29 is 9.53 Å². The summed E-state index contributed by atoms with van der Waals surface area (Å²) < 4.78 is 5.81. The Morgan fingerprint density at radius 3 is 2.48 bits per heavy atom. The van der Waals surface area contributed by atoms with E-state index < -0.39 is 5.60 Å². The van der Waals surface area contributed by atoms with Crippen molar-refractivity contribution in [1.82, 2.24) is 0 Å². The fourth-order valence-corrected chi connectivity index (χ4v) is 2.57. The van der Waals surface area contributed by atoms with Crippen LogP contribution in [-0.2, 0) is 11.3 Å². The van der Waals surface area contributed by atoms with Gasteiger partial charge in [-0.05, 0) is 43.7 Å². The predicted molar refractivity (Wildman–Crippen MR) is 83.8 cm³/mol. The summed E-state index contributed by atoms with van der Waals surface area (Å²) in [7, 11) is 0. The Hall–Kier alpha value is -2.00. The van der Waals surface area contributed by atoms with Crippen LogP contribution in [0.25, 0.3) is 0 Å². The van der Waals surface area contributed by atoms with E-state index in [1.807, 2.05) is 48.5 Å². The number of benzene rings is 2. The maximum Gasteiger partial charge on any atom is 0.271 e. The number of rotatable bonds is 2. The second-order valence-corrected chi connectivity index (χ2v) is 6.03. The predicted octanol–water partition coefficient (Wildman–Crippen LogP) is 4.04. The fourth-order valence-electron chi connectivity index (χ4n) is 2.45. The summed E-state index contributed by atoms with van der Waals surface area (Å²) >= 11 is 5.91. The summed E-state index contributed by atoms with van der Waals surface area (Å²) in [5, 5.41) is 0.688. The number of ether oxygens (including phenoxy) is 1. The van der Waals surface area contributed by atoms with Crippen LogP contribution in [0, 0.1) is 0 Å². The van der Waals surface area contributed by atoms with Crippen molar-refractivity contribution in [2.45, 2.75) is 26.0 Å². The third kappa shape index (κ3) is 2.61. The zero-order valence-electron chi connectivity index (χ0n) is 12.0. The van der Waals surface area contributed by atoms with Gasteiger partial charge in [0.05, 0.1) is 12.2 Å². The molecule has 1 aliphatic heterocycles. The van der Waals surface area contributed by atoms with Gasteiger partial charge in [0, 0.05) is 5.02 Å². The average Bonchev–Trinajstić information content (AvgIpc) is 2.45. The van der Waals surface area contributed by atoms with Gasteiger partial charge in [-0.15, -0.1) is 0 Å². The maximum absolute atomic E-state index is 12.7. The van der Waals surface area contributed by atoms with Crippen molar-refractivity contribution in [3.8, 4) is 5.75 Å². The van der Waals surface area contributed by atoms with Gasteiger partial charge in [0.25, 0.3) is 5.91 Å². The quantitative estimate of drug-likeness (QED) is 0.837. The molecule has 0 N–H and O–H groups in total. The highest BCUT2D eigenvalue weighted by molar-refractivity contribution is 6.30. The van der Waals surface area contributed by atoms with Crippen molar-refractivity contribution in [1.29, 1.82) is 0 Å². The van der Waals surface area contributed by atoms with Gasteiger partial charge in [-0.2, -0.15) is 0 Å². The number of para-hydroxylation sites is 2. The molecule has 0 aromatic heterocycles. The molecule has 0 radical (unpaired) electrons. The minimum Gasteiger partial charge on any atom is -0.476 e. The first kappa shape index (κ1) is 14.0. The molecule has 1 aliphatic rings. The van der Waals surface area contributed by atoms with E-state index in [1.165, 1.54) is 0 Å². The molecular formula is C17H16ClNO2. The Morgan fingerprint density at radius 2 is 1.76 bits per heavy atom. The number of nitrogens with zero attached hydrogens (tertiary/aromatic N) is 1. The van der Waals surface area contributed by atoms with E-state index in [4.69, 9.17) is 16.3 Å². The Labute approximate surface area is 129 Å². The molecule has 1 heterocycles. The number of hydrogen-bond donors (Lipinski definition) is 0. The monoisotopic (exact) mass is 301 g/mol. The largest absolute Gasteiger partial charge is 0.476 e. The SMILES string of the molecule is CC1(C)Oc2ccccc2N(Cc2ccc(Cl)cc2)C1=O. The minimum absolute atomic E-state index is 0.0452. The number of anilines is 1. The first-order chi connectivity index (χ1) is 9.97. The van der Waals surface area contributed by atoms with Crippen molar-refractivity contribution in [2.75, 3.05) is 4.90 Å². The van der Waals surface area contributed by atoms with Crippen molar-refractivity contribution >= 4 is 23.2 Å². The van der Waals surface area contributed by atoms with E-state index in [9.17, 15) is 4.79 Å². The summed E-state index contributed by atoms with van der Waals surface area (Å²) in [6.07, 6.45) is 0. The molecule has 1 amide bonds. The number of amides is 1. The normalized spacial score (nSPS) is 16.3. The zero-order chi connectivity index (χ0) is 15.0. The van der Waals surface area contributed by atoms with Crippen LogP contribution in [0.1, 0.15) is 19.4 Å². The van der Waals surface area contributed by atoms with Gasteiger partial charge >= 0.3 is 0 Å². The molecule has 108 valence electrons.